The van der Waals surface area contributed by atoms with Crippen LogP contribution in [-0.2, 0) is 23.8 Å². The molecule has 1 unspecified atom stereocenters. The van der Waals surface area contributed by atoms with Gasteiger partial charge >= 0.3 is 11.9 Å². The number of ether oxygens (including phenoxy) is 7. The monoisotopic (exact) mass is 680 g/mol. The van der Waals surface area contributed by atoms with Crippen LogP contribution in [0.4, 0.5) is 0 Å². The Hall–Kier alpha value is -4.28. The largest absolute Gasteiger partial charge is 0.493 e. The second kappa shape index (κ2) is 22.4. The average Bonchev–Trinajstić information content (AvgIpc) is 3.64. The van der Waals surface area contributed by atoms with Crippen LogP contribution in [0.3, 0.4) is 0 Å². The first-order chi connectivity index (χ1) is 23.8. The zero-order valence-electron chi connectivity index (χ0n) is 29.2. The van der Waals surface area contributed by atoms with E-state index in [0.717, 1.165) is 36.8 Å². The lowest BCUT2D eigenvalue weighted by molar-refractivity contribution is -0.139. The number of esters is 2. The predicted molar refractivity (Wildman–Crippen MR) is 189 cm³/mol. The summed E-state index contributed by atoms with van der Waals surface area (Å²) in [6.45, 7) is 7.23. The molecule has 268 valence electrons. The average molecular weight is 681 g/mol. The van der Waals surface area contributed by atoms with Crippen molar-refractivity contribution in [3.8, 4) is 23.0 Å². The molecule has 1 fully saturated rings. The molecule has 0 saturated heterocycles. The van der Waals surface area contributed by atoms with Gasteiger partial charge in [0.05, 0.1) is 47.3 Å². The van der Waals surface area contributed by atoms with Crippen LogP contribution in [0.5, 0.6) is 23.0 Å². The number of methoxy groups -OCH3 is 2. The molecule has 1 saturated carbocycles. The normalized spacial score (nSPS) is 13.8. The number of benzene rings is 2. The minimum Gasteiger partial charge on any atom is -0.493 e. The van der Waals surface area contributed by atoms with Crippen molar-refractivity contribution in [1.29, 1.82) is 0 Å². The van der Waals surface area contributed by atoms with Crippen molar-refractivity contribution < 1.29 is 47.9 Å². The Balaban J connectivity index is 1.31. The molecule has 1 aliphatic rings. The summed E-state index contributed by atoms with van der Waals surface area (Å²) < 4.78 is 38.6. The smallest absolute Gasteiger partial charge is 0.333 e. The first kappa shape index (κ1) is 39.2. The lowest BCUT2D eigenvalue weighted by Crippen LogP contribution is -2.14. The molecule has 1 atom stereocenters. The lowest BCUT2D eigenvalue weighted by Gasteiger charge is -2.13. The molecule has 2 aromatic carbocycles. The van der Waals surface area contributed by atoms with Gasteiger partial charge in [0.25, 0.3) is 0 Å². The van der Waals surface area contributed by atoms with Crippen molar-refractivity contribution in [1.82, 2.24) is 0 Å². The Kier molecular flexibility index (Phi) is 17.9. The molecule has 0 aromatic heterocycles. The predicted octanol–water partition coefficient (Wildman–Crippen LogP) is 7.33. The maximum atomic E-state index is 12.3. The van der Waals surface area contributed by atoms with E-state index in [0.29, 0.717) is 67.3 Å². The van der Waals surface area contributed by atoms with Crippen molar-refractivity contribution in [2.45, 2.75) is 71.0 Å². The Labute approximate surface area is 290 Å². The van der Waals surface area contributed by atoms with Crippen molar-refractivity contribution >= 4 is 24.1 Å². The van der Waals surface area contributed by atoms with E-state index in [1.165, 1.54) is 31.8 Å². The molecule has 0 radical (unpaired) electrons. The quantitative estimate of drug-likeness (QED) is 0.0553. The van der Waals surface area contributed by atoms with E-state index in [-0.39, 0.29) is 12.6 Å². The summed E-state index contributed by atoms with van der Waals surface area (Å²) in [6.07, 6.45) is 14.3. The van der Waals surface area contributed by atoms with Crippen LogP contribution in [0.2, 0.25) is 0 Å². The molecule has 0 aliphatic heterocycles. The van der Waals surface area contributed by atoms with Crippen molar-refractivity contribution in [3.05, 3.63) is 71.8 Å². The second-order valence-corrected chi connectivity index (χ2v) is 11.9. The number of aliphatic hydroxyl groups excluding tert-OH is 1. The zero-order chi connectivity index (χ0) is 35.3. The van der Waals surface area contributed by atoms with Crippen molar-refractivity contribution in [2.24, 2.45) is 5.92 Å². The molecular formula is C39H52O10. The number of rotatable bonds is 23. The molecular weight excluding hydrogens is 628 g/mol. The first-order valence-electron chi connectivity index (χ1n) is 17.1. The van der Waals surface area contributed by atoms with Crippen LogP contribution in [0.25, 0.3) is 12.2 Å². The van der Waals surface area contributed by atoms with Gasteiger partial charge in [-0.15, -0.1) is 0 Å². The van der Waals surface area contributed by atoms with Crippen LogP contribution in [0.15, 0.2) is 60.7 Å². The fraction of sp³-hybridized carbons (Fsp3) is 0.487. The standard InChI is InChI=1S/C39H52O10/c1-29(2)39(42)48-23-10-6-5-9-22-45-33-18-14-30(26-35(33)43-3)16-20-37(40)47-25-11-24-46-34-19-15-31(27-36(34)44-4)17-21-38(41)49-28-32-12-7-8-13-32/h14-21,26-27,32,38,41H,1,5-13,22-25,28H2,2-4H3/b20-16+,21-17+. The number of unbranched alkanes of at least 4 members (excludes halogenated alkanes) is 3. The van der Waals surface area contributed by atoms with Gasteiger partial charge in [-0.25, -0.2) is 9.59 Å². The van der Waals surface area contributed by atoms with E-state index in [2.05, 4.69) is 6.58 Å². The zero-order valence-corrected chi connectivity index (χ0v) is 29.2. The number of carbonyl (C=O) groups excluding carboxylic acids is 2. The van der Waals surface area contributed by atoms with E-state index < -0.39 is 12.3 Å². The maximum Gasteiger partial charge on any atom is 0.333 e. The molecule has 10 nitrogen and oxygen atoms in total. The van der Waals surface area contributed by atoms with Gasteiger partial charge in [-0.05, 0) is 98.9 Å². The Bertz CT molecular complexity index is 1380. The Morgan fingerprint density at radius 2 is 1.37 bits per heavy atom. The van der Waals surface area contributed by atoms with Gasteiger partial charge in [-0.2, -0.15) is 0 Å². The summed E-state index contributed by atoms with van der Waals surface area (Å²) in [6, 6.07) is 10.9. The van der Waals surface area contributed by atoms with E-state index in [1.807, 2.05) is 24.3 Å². The first-order valence-corrected chi connectivity index (χ1v) is 17.1. The molecule has 10 heteroatoms. The van der Waals surface area contributed by atoms with E-state index in [1.54, 1.807) is 51.5 Å². The number of carbonyl (C=O) groups is 2. The van der Waals surface area contributed by atoms with Gasteiger partial charge in [0.1, 0.15) is 0 Å². The summed E-state index contributed by atoms with van der Waals surface area (Å²) in [5.41, 5.74) is 2.02. The van der Waals surface area contributed by atoms with Gasteiger partial charge in [0.2, 0.25) is 0 Å². The summed E-state index contributed by atoms with van der Waals surface area (Å²) in [5.74, 6) is 2.06. The third kappa shape index (κ3) is 15.2. The van der Waals surface area contributed by atoms with Gasteiger partial charge in [0.15, 0.2) is 29.3 Å². The highest BCUT2D eigenvalue weighted by Gasteiger charge is 2.16. The fourth-order valence-electron chi connectivity index (χ4n) is 5.13. The highest BCUT2D eigenvalue weighted by molar-refractivity contribution is 5.87. The van der Waals surface area contributed by atoms with E-state index in [9.17, 15) is 14.7 Å². The third-order valence-electron chi connectivity index (χ3n) is 7.89. The molecule has 0 bridgehead atoms. The van der Waals surface area contributed by atoms with Gasteiger partial charge in [-0.1, -0.05) is 37.6 Å². The number of aliphatic hydroxyl groups is 1. The van der Waals surface area contributed by atoms with Crippen LogP contribution in [0, 0.1) is 5.92 Å². The van der Waals surface area contributed by atoms with Gasteiger partial charge in [0, 0.05) is 18.1 Å². The van der Waals surface area contributed by atoms with Crippen molar-refractivity contribution in [3.63, 3.8) is 0 Å². The Morgan fingerprint density at radius 3 is 1.98 bits per heavy atom. The Morgan fingerprint density at radius 1 is 0.796 bits per heavy atom. The number of hydrogen-bond donors (Lipinski definition) is 1. The van der Waals surface area contributed by atoms with Gasteiger partial charge in [-0.3, -0.25) is 0 Å². The molecule has 49 heavy (non-hydrogen) atoms. The molecule has 2 aromatic rings. The van der Waals surface area contributed by atoms with Crippen LogP contribution < -0.4 is 18.9 Å². The van der Waals surface area contributed by atoms with Gasteiger partial charge < -0.3 is 38.3 Å². The van der Waals surface area contributed by atoms with Crippen molar-refractivity contribution in [2.75, 3.05) is 47.3 Å². The molecule has 1 aliphatic carbocycles. The number of hydrogen-bond acceptors (Lipinski definition) is 10. The topological polar surface area (TPSA) is 119 Å². The minimum absolute atomic E-state index is 0.195. The van der Waals surface area contributed by atoms with E-state index in [4.69, 9.17) is 33.2 Å². The van der Waals surface area contributed by atoms with Crippen LogP contribution in [0.1, 0.15) is 75.8 Å². The minimum atomic E-state index is -0.949. The van der Waals surface area contributed by atoms with Crippen LogP contribution in [-0.4, -0.2) is 70.6 Å². The molecule has 0 amide bonds. The molecule has 0 spiro atoms. The fourth-order valence-corrected chi connectivity index (χ4v) is 5.13. The van der Waals surface area contributed by atoms with E-state index >= 15 is 0 Å². The summed E-state index contributed by atoms with van der Waals surface area (Å²) in [4.78, 5) is 23.7. The summed E-state index contributed by atoms with van der Waals surface area (Å²) in [5, 5.41) is 10.1. The molecule has 0 heterocycles. The molecule has 3 rings (SSSR count). The third-order valence-corrected chi connectivity index (χ3v) is 7.89. The maximum absolute atomic E-state index is 12.3. The highest BCUT2D eigenvalue weighted by Crippen LogP contribution is 2.30. The summed E-state index contributed by atoms with van der Waals surface area (Å²) >= 11 is 0. The second-order valence-electron chi connectivity index (χ2n) is 11.9. The summed E-state index contributed by atoms with van der Waals surface area (Å²) in [7, 11) is 3.14. The van der Waals surface area contributed by atoms with Crippen LogP contribution >= 0.6 is 0 Å². The highest BCUT2D eigenvalue weighted by atomic mass is 16.6. The molecule has 1 N–H and O–H groups in total. The SMILES string of the molecule is C=C(C)C(=O)OCCCCCCOc1ccc(/C=C/C(=O)OCCCOc2ccc(/C=C/C(O)OCC3CCCC3)cc2OC)cc1OC. The lowest BCUT2D eigenvalue weighted by atomic mass is 10.1.